The molecule has 0 saturated heterocycles. The lowest BCUT2D eigenvalue weighted by molar-refractivity contribution is 0.930. The molecule has 78 valence electrons. The van der Waals surface area contributed by atoms with Crippen LogP contribution in [0.2, 0.25) is 0 Å². The first kappa shape index (κ1) is 11.3. The number of nitrogens with zero attached hydrogens (tertiary/aromatic N) is 2. The molecule has 0 amide bonds. The van der Waals surface area contributed by atoms with Gasteiger partial charge in [-0.15, -0.1) is 0 Å². The van der Waals surface area contributed by atoms with Crippen LogP contribution in [0.1, 0.15) is 12.7 Å². The average molecular weight is 425 g/mol. The van der Waals surface area contributed by atoms with Crippen molar-refractivity contribution in [3.05, 3.63) is 36.2 Å². The van der Waals surface area contributed by atoms with Crippen molar-refractivity contribution in [2.45, 2.75) is 8.35 Å². The number of rotatable bonds is 2. The molecule has 1 heterocycles. The van der Waals surface area contributed by atoms with Gasteiger partial charge in [0.1, 0.15) is 1.43 Å². The molecule has 0 aliphatic heterocycles. The predicted octanol–water partition coefficient (Wildman–Crippen LogP) is 3.51. The van der Waals surface area contributed by atoms with Crippen molar-refractivity contribution < 1.29 is 0 Å². The fourth-order valence-corrected chi connectivity index (χ4v) is 1.66. The number of benzene rings is 1. The number of aromatic nitrogens is 3. The van der Waals surface area contributed by atoms with E-state index in [9.17, 15) is 0 Å². The molecule has 0 aliphatic carbocycles. The van der Waals surface area contributed by atoms with E-state index in [-0.39, 0.29) is 1.43 Å². The maximum atomic E-state index is 4.47. The molecule has 0 spiro atoms. The van der Waals surface area contributed by atoms with Crippen LogP contribution >= 0.6 is 45.2 Å². The van der Waals surface area contributed by atoms with E-state index >= 15 is 0 Å². The fourth-order valence-electron chi connectivity index (χ4n) is 1.17. The van der Waals surface area contributed by atoms with Crippen LogP contribution in [0.3, 0.4) is 0 Å². The summed E-state index contributed by atoms with van der Waals surface area (Å²) in [6.45, 7) is 2.09. The summed E-state index contributed by atoms with van der Waals surface area (Å²) in [7, 11) is 0. The van der Waals surface area contributed by atoms with Crippen molar-refractivity contribution >= 4 is 45.2 Å². The van der Waals surface area contributed by atoms with Crippen molar-refractivity contribution in [3.8, 4) is 11.4 Å². The summed E-state index contributed by atoms with van der Waals surface area (Å²) in [6.07, 6.45) is 0. The molecule has 0 aliphatic rings. The van der Waals surface area contributed by atoms with Gasteiger partial charge in [0.2, 0.25) is 0 Å². The zero-order valence-electron chi connectivity index (χ0n) is 8.04. The second kappa shape index (κ2) is 4.36. The number of hydrogen-bond donors (Lipinski definition) is 1. The molecule has 2 rings (SSSR count). The highest BCUT2D eigenvalue weighted by Gasteiger charge is 2.22. The molecule has 0 saturated carbocycles. The Kier molecular flexibility index (Phi) is 3.29. The molecule has 1 aromatic carbocycles. The number of halogens is 2. The first-order valence-electron chi connectivity index (χ1n) is 4.43. The van der Waals surface area contributed by atoms with Crippen LogP contribution in [0.15, 0.2) is 30.3 Å². The second-order valence-corrected chi connectivity index (χ2v) is 9.64. The Labute approximate surface area is 115 Å². The first-order chi connectivity index (χ1) is 7.07. The molecule has 0 fully saturated rings. The molecular formula is C10H9I2N3. The summed E-state index contributed by atoms with van der Waals surface area (Å²) >= 11 is 4.66. The largest absolute Gasteiger partial charge is 0.261 e. The molecular weight excluding hydrogens is 416 g/mol. The van der Waals surface area contributed by atoms with E-state index in [1.165, 1.54) is 0 Å². The van der Waals surface area contributed by atoms with Gasteiger partial charge < -0.3 is 0 Å². The van der Waals surface area contributed by atoms with Crippen LogP contribution < -0.4 is 0 Å². The van der Waals surface area contributed by atoms with Gasteiger partial charge in [-0.05, 0) is 6.92 Å². The molecule has 1 aromatic heterocycles. The highest BCUT2D eigenvalue weighted by Crippen LogP contribution is 2.36. The summed E-state index contributed by atoms with van der Waals surface area (Å²) < 4.78 is -0.0461. The summed E-state index contributed by atoms with van der Waals surface area (Å²) in [5.74, 6) is 1.65. The minimum Gasteiger partial charge on any atom is -0.261 e. The van der Waals surface area contributed by atoms with Gasteiger partial charge in [-0.1, -0.05) is 75.5 Å². The fraction of sp³-hybridized carbons (Fsp3) is 0.200. The van der Waals surface area contributed by atoms with E-state index in [0.717, 1.165) is 17.2 Å². The van der Waals surface area contributed by atoms with E-state index in [2.05, 4.69) is 67.3 Å². The zero-order valence-corrected chi connectivity index (χ0v) is 12.4. The Balaban J connectivity index is 2.37. The van der Waals surface area contributed by atoms with Crippen LogP contribution in [0.5, 0.6) is 0 Å². The van der Waals surface area contributed by atoms with E-state index in [1.54, 1.807) is 0 Å². The number of aromatic amines is 1. The minimum absolute atomic E-state index is 0.0461. The van der Waals surface area contributed by atoms with Gasteiger partial charge in [-0.3, -0.25) is 5.10 Å². The molecule has 1 N–H and O–H groups in total. The van der Waals surface area contributed by atoms with Gasteiger partial charge in [0.25, 0.3) is 0 Å². The summed E-state index contributed by atoms with van der Waals surface area (Å²) in [6, 6.07) is 9.96. The molecule has 2 aromatic rings. The predicted molar refractivity (Wildman–Crippen MR) is 77.2 cm³/mol. The van der Waals surface area contributed by atoms with Gasteiger partial charge >= 0.3 is 0 Å². The standard InChI is InChI=1S/C10H9I2N3/c1-10(11,12)9-13-8(14-15-9)7-5-3-2-4-6-7/h2-6H,1H3,(H,13,14,15). The lowest BCUT2D eigenvalue weighted by Gasteiger charge is -2.08. The normalized spacial score (nSPS) is 11.7. The third kappa shape index (κ3) is 2.68. The Morgan fingerprint density at radius 3 is 2.40 bits per heavy atom. The number of H-pyrrole nitrogens is 1. The van der Waals surface area contributed by atoms with E-state index < -0.39 is 0 Å². The van der Waals surface area contributed by atoms with E-state index in [4.69, 9.17) is 0 Å². The van der Waals surface area contributed by atoms with Gasteiger partial charge in [-0.2, -0.15) is 5.10 Å². The van der Waals surface area contributed by atoms with Crippen molar-refractivity contribution in [2.75, 3.05) is 0 Å². The van der Waals surface area contributed by atoms with Crippen LogP contribution in [0.4, 0.5) is 0 Å². The van der Waals surface area contributed by atoms with Gasteiger partial charge in [0, 0.05) is 5.56 Å². The molecule has 0 radical (unpaired) electrons. The average Bonchev–Trinajstić information content (AvgIpc) is 2.67. The highest BCUT2D eigenvalue weighted by molar-refractivity contribution is 14.2. The summed E-state index contributed by atoms with van der Waals surface area (Å²) in [4.78, 5) is 4.47. The quantitative estimate of drug-likeness (QED) is 0.592. The summed E-state index contributed by atoms with van der Waals surface area (Å²) in [5, 5.41) is 7.18. The molecule has 5 heteroatoms. The van der Waals surface area contributed by atoms with Gasteiger partial charge in [-0.25, -0.2) is 4.98 Å². The Morgan fingerprint density at radius 1 is 1.20 bits per heavy atom. The maximum Gasteiger partial charge on any atom is 0.181 e. The molecule has 0 atom stereocenters. The molecule has 15 heavy (non-hydrogen) atoms. The van der Waals surface area contributed by atoms with Crippen LogP contribution in [0.25, 0.3) is 11.4 Å². The smallest absolute Gasteiger partial charge is 0.181 e. The first-order valence-corrected chi connectivity index (χ1v) is 6.59. The van der Waals surface area contributed by atoms with Gasteiger partial charge in [0.05, 0.1) is 0 Å². The van der Waals surface area contributed by atoms with Crippen LogP contribution in [-0.4, -0.2) is 15.2 Å². The maximum absolute atomic E-state index is 4.47. The zero-order chi connectivity index (χ0) is 10.9. The SMILES string of the molecule is CC(I)(I)c1nc(-c2ccccc2)n[nH]1. The number of hydrogen-bond acceptors (Lipinski definition) is 2. The van der Waals surface area contributed by atoms with E-state index in [1.807, 2.05) is 30.3 Å². The summed E-state index contributed by atoms with van der Waals surface area (Å²) in [5.41, 5.74) is 1.04. The molecule has 3 nitrogen and oxygen atoms in total. The monoisotopic (exact) mass is 425 g/mol. The van der Waals surface area contributed by atoms with E-state index in [0.29, 0.717) is 0 Å². The van der Waals surface area contributed by atoms with Crippen molar-refractivity contribution in [3.63, 3.8) is 0 Å². The Bertz CT molecular complexity index is 445. The molecule has 0 bridgehead atoms. The number of nitrogens with one attached hydrogen (secondary N) is 1. The van der Waals surface area contributed by atoms with Crippen LogP contribution in [0, 0.1) is 0 Å². The third-order valence-corrected chi connectivity index (χ3v) is 2.96. The van der Waals surface area contributed by atoms with Gasteiger partial charge in [0.15, 0.2) is 11.6 Å². The Hall–Kier alpha value is -0.180. The minimum atomic E-state index is -0.0461. The van der Waals surface area contributed by atoms with Crippen molar-refractivity contribution in [1.82, 2.24) is 15.2 Å². The topological polar surface area (TPSA) is 41.6 Å². The number of alkyl halides is 2. The third-order valence-electron chi connectivity index (χ3n) is 1.93. The molecule has 0 unspecified atom stereocenters. The van der Waals surface area contributed by atoms with Crippen LogP contribution in [-0.2, 0) is 1.43 Å². The highest BCUT2D eigenvalue weighted by atomic mass is 127. The van der Waals surface area contributed by atoms with Crippen molar-refractivity contribution in [1.29, 1.82) is 0 Å². The van der Waals surface area contributed by atoms with Crippen molar-refractivity contribution in [2.24, 2.45) is 0 Å². The lowest BCUT2D eigenvalue weighted by Crippen LogP contribution is -2.04. The second-order valence-electron chi connectivity index (χ2n) is 3.26. The lowest BCUT2D eigenvalue weighted by atomic mass is 10.2. The Morgan fingerprint density at radius 2 is 1.87 bits per heavy atom.